The van der Waals surface area contributed by atoms with Gasteiger partial charge in [-0.15, -0.1) is 0 Å². The molecule has 3 aromatic rings. The van der Waals surface area contributed by atoms with E-state index < -0.39 is 11.5 Å². The zero-order valence-electron chi connectivity index (χ0n) is 20.5. The number of likely N-dealkylation sites (N-methyl/N-ethyl adjacent to an activating group) is 1. The molecule has 34 heavy (non-hydrogen) atoms. The number of imidazole rings is 1. The summed E-state index contributed by atoms with van der Waals surface area (Å²) in [4.78, 5) is 33.1. The number of carbonyl (C=O) groups is 2. The summed E-state index contributed by atoms with van der Waals surface area (Å²) >= 11 is 0. The van der Waals surface area contributed by atoms with Gasteiger partial charge in [-0.05, 0) is 11.5 Å². The van der Waals surface area contributed by atoms with E-state index in [-0.39, 0.29) is 11.8 Å². The number of rotatable bonds is 6. The van der Waals surface area contributed by atoms with Crippen molar-refractivity contribution < 1.29 is 9.59 Å². The third kappa shape index (κ3) is 4.75. The standard InChI is InChI=1S/C25H33N7O2/c1-25(2,3)21(24(34)26-4)29-23(33)20-19-16-31(15-18-11-12-27-30(18)5)13-14-32(19)22(28-20)17-9-7-6-8-10-17/h6-12,21H,13-16H2,1-5H3,(H,26,34)(H,29,33). The molecule has 1 aromatic carbocycles. The minimum atomic E-state index is -0.684. The Morgan fingerprint density at radius 1 is 1.12 bits per heavy atom. The Bertz CT molecular complexity index is 1170. The molecular formula is C25H33N7O2. The van der Waals surface area contributed by atoms with Gasteiger partial charge in [0.2, 0.25) is 5.91 Å². The third-order valence-electron chi connectivity index (χ3n) is 6.29. The molecule has 1 atom stereocenters. The van der Waals surface area contributed by atoms with E-state index in [9.17, 15) is 9.59 Å². The monoisotopic (exact) mass is 463 g/mol. The Balaban J connectivity index is 1.69. The average molecular weight is 464 g/mol. The van der Waals surface area contributed by atoms with Crippen LogP contribution in [-0.4, -0.2) is 55.7 Å². The number of nitrogens with zero attached hydrogens (tertiary/aromatic N) is 5. The topological polar surface area (TPSA) is 97.1 Å². The van der Waals surface area contributed by atoms with Crippen molar-refractivity contribution >= 4 is 11.8 Å². The van der Waals surface area contributed by atoms with Crippen LogP contribution in [0.25, 0.3) is 11.4 Å². The number of fused-ring (bicyclic) bond motifs is 1. The summed E-state index contributed by atoms with van der Waals surface area (Å²) in [6.07, 6.45) is 1.79. The smallest absolute Gasteiger partial charge is 0.272 e. The van der Waals surface area contributed by atoms with E-state index in [1.165, 1.54) is 0 Å². The molecule has 9 heteroatoms. The van der Waals surface area contributed by atoms with E-state index in [2.05, 4.69) is 25.2 Å². The van der Waals surface area contributed by atoms with Crippen molar-refractivity contribution in [2.24, 2.45) is 12.5 Å². The first-order valence-corrected chi connectivity index (χ1v) is 11.6. The molecule has 3 heterocycles. The van der Waals surface area contributed by atoms with Gasteiger partial charge < -0.3 is 15.2 Å². The summed E-state index contributed by atoms with van der Waals surface area (Å²) in [7, 11) is 3.51. The fraction of sp³-hybridized carbons (Fsp3) is 0.440. The Kier molecular flexibility index (Phi) is 6.56. The van der Waals surface area contributed by atoms with Crippen molar-refractivity contribution in [2.75, 3.05) is 13.6 Å². The van der Waals surface area contributed by atoms with Crippen molar-refractivity contribution in [3.8, 4) is 11.4 Å². The van der Waals surface area contributed by atoms with Crippen LogP contribution in [-0.2, 0) is 31.5 Å². The number of benzene rings is 1. The number of carbonyl (C=O) groups excluding carboxylic acids is 2. The number of amides is 2. The molecule has 0 aliphatic carbocycles. The van der Waals surface area contributed by atoms with Crippen LogP contribution in [0.2, 0.25) is 0 Å². The first-order valence-electron chi connectivity index (χ1n) is 11.6. The van der Waals surface area contributed by atoms with Crippen molar-refractivity contribution in [2.45, 2.75) is 46.4 Å². The second-order valence-corrected chi connectivity index (χ2v) is 9.79. The van der Waals surface area contributed by atoms with Crippen LogP contribution in [0.4, 0.5) is 0 Å². The van der Waals surface area contributed by atoms with E-state index in [0.29, 0.717) is 12.2 Å². The van der Waals surface area contributed by atoms with Gasteiger partial charge >= 0.3 is 0 Å². The fourth-order valence-electron chi connectivity index (χ4n) is 4.35. The summed E-state index contributed by atoms with van der Waals surface area (Å²) < 4.78 is 4.00. The molecule has 2 aromatic heterocycles. The Morgan fingerprint density at radius 2 is 1.85 bits per heavy atom. The summed E-state index contributed by atoms with van der Waals surface area (Å²) in [5.74, 6) is 0.208. The van der Waals surface area contributed by atoms with Gasteiger partial charge in [-0.3, -0.25) is 19.2 Å². The zero-order chi connectivity index (χ0) is 24.5. The van der Waals surface area contributed by atoms with Crippen molar-refractivity contribution in [1.82, 2.24) is 34.9 Å². The SMILES string of the molecule is CNC(=O)C(NC(=O)c1nc(-c2ccccc2)n2c1CN(Cc1ccnn1C)CC2)C(C)(C)C. The van der Waals surface area contributed by atoms with Crippen LogP contribution in [0.5, 0.6) is 0 Å². The molecule has 0 radical (unpaired) electrons. The molecule has 4 rings (SSSR count). The fourth-order valence-corrected chi connectivity index (χ4v) is 4.35. The van der Waals surface area contributed by atoms with Gasteiger partial charge in [-0.25, -0.2) is 4.98 Å². The lowest BCUT2D eigenvalue weighted by Crippen LogP contribution is -2.53. The molecule has 1 aliphatic rings. The van der Waals surface area contributed by atoms with Gasteiger partial charge in [0.25, 0.3) is 5.91 Å². The second kappa shape index (κ2) is 9.42. The number of aromatic nitrogens is 4. The van der Waals surface area contributed by atoms with Crippen LogP contribution >= 0.6 is 0 Å². The molecule has 0 saturated carbocycles. The van der Waals surface area contributed by atoms with Crippen LogP contribution in [0.3, 0.4) is 0 Å². The zero-order valence-corrected chi connectivity index (χ0v) is 20.5. The summed E-state index contributed by atoms with van der Waals surface area (Å²) in [5.41, 5.74) is 2.83. The molecular weight excluding hydrogens is 430 g/mol. The molecule has 2 N–H and O–H groups in total. The van der Waals surface area contributed by atoms with E-state index in [0.717, 1.165) is 42.4 Å². The number of aryl methyl sites for hydroxylation is 1. The van der Waals surface area contributed by atoms with Crippen molar-refractivity contribution in [3.63, 3.8) is 0 Å². The molecule has 180 valence electrons. The minimum absolute atomic E-state index is 0.227. The third-order valence-corrected chi connectivity index (χ3v) is 6.29. The van der Waals surface area contributed by atoms with Gasteiger partial charge in [0.15, 0.2) is 5.69 Å². The summed E-state index contributed by atoms with van der Waals surface area (Å²) in [6.45, 7) is 8.65. The summed E-state index contributed by atoms with van der Waals surface area (Å²) in [6, 6.07) is 11.2. The van der Waals surface area contributed by atoms with Crippen molar-refractivity contribution in [3.05, 3.63) is 59.7 Å². The predicted molar refractivity (Wildman–Crippen MR) is 130 cm³/mol. The highest BCUT2D eigenvalue weighted by Gasteiger charge is 2.35. The van der Waals surface area contributed by atoms with Gasteiger partial charge in [-0.2, -0.15) is 5.10 Å². The van der Waals surface area contributed by atoms with Crippen LogP contribution in [0, 0.1) is 5.41 Å². The molecule has 0 bridgehead atoms. The highest BCUT2D eigenvalue weighted by atomic mass is 16.2. The quantitative estimate of drug-likeness (QED) is 0.584. The van der Waals surface area contributed by atoms with Gasteiger partial charge in [0.1, 0.15) is 11.9 Å². The maximum Gasteiger partial charge on any atom is 0.272 e. The lowest BCUT2D eigenvalue weighted by molar-refractivity contribution is -0.124. The maximum absolute atomic E-state index is 13.5. The second-order valence-electron chi connectivity index (χ2n) is 9.79. The van der Waals surface area contributed by atoms with Crippen molar-refractivity contribution in [1.29, 1.82) is 0 Å². The lowest BCUT2D eigenvalue weighted by atomic mass is 9.86. The van der Waals surface area contributed by atoms with Gasteiger partial charge in [0, 0.05) is 52.0 Å². The molecule has 0 fully saturated rings. The normalized spacial score (nSPS) is 15.0. The highest BCUT2D eigenvalue weighted by Crippen LogP contribution is 2.28. The largest absolute Gasteiger partial charge is 0.357 e. The summed E-state index contributed by atoms with van der Waals surface area (Å²) in [5, 5.41) is 9.88. The predicted octanol–water partition coefficient (Wildman–Crippen LogP) is 2.19. The maximum atomic E-state index is 13.5. The Morgan fingerprint density at radius 3 is 2.47 bits per heavy atom. The average Bonchev–Trinajstić information content (AvgIpc) is 3.40. The first-order chi connectivity index (χ1) is 16.2. The molecule has 9 nitrogen and oxygen atoms in total. The molecule has 0 saturated heterocycles. The minimum Gasteiger partial charge on any atom is -0.357 e. The van der Waals surface area contributed by atoms with Crippen LogP contribution < -0.4 is 10.6 Å². The molecule has 2 amide bonds. The van der Waals surface area contributed by atoms with E-state index in [1.807, 2.05) is 68.9 Å². The number of nitrogens with one attached hydrogen (secondary N) is 2. The van der Waals surface area contributed by atoms with E-state index in [4.69, 9.17) is 4.98 Å². The van der Waals surface area contributed by atoms with Crippen LogP contribution in [0.15, 0.2) is 42.6 Å². The molecule has 0 spiro atoms. The number of hydrogen-bond acceptors (Lipinski definition) is 5. The highest BCUT2D eigenvalue weighted by molar-refractivity contribution is 5.97. The molecule has 1 unspecified atom stereocenters. The van der Waals surface area contributed by atoms with Crippen LogP contribution in [0.1, 0.15) is 42.6 Å². The number of hydrogen-bond donors (Lipinski definition) is 2. The first kappa shape index (κ1) is 23.7. The van der Waals surface area contributed by atoms with Gasteiger partial charge in [0.05, 0.1) is 11.4 Å². The lowest BCUT2D eigenvalue weighted by Gasteiger charge is -2.31. The Hall–Kier alpha value is -3.46. The van der Waals surface area contributed by atoms with E-state index >= 15 is 0 Å². The Labute approximate surface area is 200 Å². The van der Waals surface area contributed by atoms with Gasteiger partial charge in [-0.1, -0.05) is 51.1 Å². The van der Waals surface area contributed by atoms with E-state index in [1.54, 1.807) is 13.2 Å². The molecule has 1 aliphatic heterocycles.